The zero-order valence-electron chi connectivity index (χ0n) is 21.4. The molecule has 1 N–H and O–H groups in total. The van der Waals surface area contributed by atoms with Crippen LogP contribution in [0, 0.1) is 5.92 Å². The van der Waals surface area contributed by atoms with Gasteiger partial charge in [-0.05, 0) is 72.2 Å². The summed E-state index contributed by atoms with van der Waals surface area (Å²) in [5.41, 5.74) is 4.08. The van der Waals surface area contributed by atoms with Crippen LogP contribution in [0.3, 0.4) is 0 Å². The van der Waals surface area contributed by atoms with Gasteiger partial charge in [0, 0.05) is 24.5 Å². The van der Waals surface area contributed by atoms with E-state index in [1.807, 2.05) is 78.9 Å². The SMILES string of the molecule is CSCC[C@H](NC(=O)c1ccc(N(C)c2cccnc2)cc1-c1ccccc1)C(=O)OCCC(C)C. The topological polar surface area (TPSA) is 71.5 Å². The minimum absolute atomic E-state index is 0.295. The van der Waals surface area contributed by atoms with Gasteiger partial charge in [0.15, 0.2) is 0 Å². The lowest BCUT2D eigenvalue weighted by Crippen LogP contribution is -2.42. The largest absolute Gasteiger partial charge is 0.464 e. The fraction of sp³-hybridized carbons (Fsp3) is 0.345. The first-order chi connectivity index (χ1) is 17.4. The van der Waals surface area contributed by atoms with Crippen molar-refractivity contribution in [3.8, 4) is 11.1 Å². The van der Waals surface area contributed by atoms with Crippen LogP contribution in [-0.2, 0) is 9.53 Å². The molecule has 190 valence electrons. The van der Waals surface area contributed by atoms with Crippen molar-refractivity contribution >= 4 is 35.0 Å². The summed E-state index contributed by atoms with van der Waals surface area (Å²) >= 11 is 1.63. The molecule has 0 unspecified atom stereocenters. The monoisotopic (exact) mass is 505 g/mol. The van der Waals surface area contributed by atoms with Gasteiger partial charge in [-0.25, -0.2) is 4.79 Å². The third-order valence-corrected chi connectivity index (χ3v) is 6.54. The first-order valence-corrected chi connectivity index (χ1v) is 13.6. The Morgan fingerprint density at radius 2 is 1.81 bits per heavy atom. The maximum atomic E-state index is 13.5. The fourth-order valence-electron chi connectivity index (χ4n) is 3.71. The number of nitrogens with one attached hydrogen (secondary N) is 1. The van der Waals surface area contributed by atoms with Crippen LogP contribution >= 0.6 is 11.8 Å². The molecule has 1 amide bonds. The minimum Gasteiger partial charge on any atom is -0.464 e. The average molecular weight is 506 g/mol. The van der Waals surface area contributed by atoms with E-state index < -0.39 is 6.04 Å². The maximum Gasteiger partial charge on any atom is 0.328 e. The number of hydrogen-bond donors (Lipinski definition) is 1. The van der Waals surface area contributed by atoms with Crippen LogP contribution in [0.2, 0.25) is 0 Å². The van der Waals surface area contributed by atoms with Gasteiger partial charge in [0.2, 0.25) is 0 Å². The van der Waals surface area contributed by atoms with E-state index in [2.05, 4.69) is 24.1 Å². The number of hydrogen-bond acceptors (Lipinski definition) is 6. The highest BCUT2D eigenvalue weighted by molar-refractivity contribution is 7.98. The van der Waals surface area contributed by atoms with E-state index in [0.29, 0.717) is 24.5 Å². The van der Waals surface area contributed by atoms with Gasteiger partial charge in [0.1, 0.15) is 6.04 Å². The predicted octanol–water partition coefficient (Wildman–Crippen LogP) is 5.96. The van der Waals surface area contributed by atoms with Gasteiger partial charge in [-0.15, -0.1) is 0 Å². The van der Waals surface area contributed by atoms with E-state index in [0.717, 1.165) is 34.7 Å². The number of benzene rings is 2. The molecule has 0 aliphatic carbocycles. The Morgan fingerprint density at radius 1 is 1.03 bits per heavy atom. The molecule has 0 spiro atoms. The number of nitrogens with zero attached hydrogens (tertiary/aromatic N) is 2. The van der Waals surface area contributed by atoms with Crippen LogP contribution in [0.5, 0.6) is 0 Å². The Morgan fingerprint density at radius 3 is 2.47 bits per heavy atom. The van der Waals surface area contributed by atoms with Gasteiger partial charge in [-0.1, -0.05) is 44.2 Å². The number of carbonyl (C=O) groups excluding carboxylic acids is 2. The standard InChI is InChI=1S/C29H35N3O3S/c1-21(2)14-17-35-29(34)27(15-18-36-4)31-28(33)25-13-12-23(32(3)24-11-8-16-30-20-24)19-26(25)22-9-6-5-7-10-22/h5-13,16,19-21,27H,14-15,17-18H2,1-4H3,(H,31,33)/t27-/m0/s1. The third-order valence-electron chi connectivity index (χ3n) is 5.89. The molecule has 7 heteroatoms. The quantitative estimate of drug-likeness (QED) is 0.306. The summed E-state index contributed by atoms with van der Waals surface area (Å²) in [6.07, 6.45) is 6.81. The Hall–Kier alpha value is -3.32. The lowest BCUT2D eigenvalue weighted by molar-refractivity contribution is -0.146. The molecule has 0 fully saturated rings. The van der Waals surface area contributed by atoms with Crippen LogP contribution in [0.25, 0.3) is 11.1 Å². The van der Waals surface area contributed by atoms with E-state index in [9.17, 15) is 9.59 Å². The summed E-state index contributed by atoms with van der Waals surface area (Å²) in [5, 5.41) is 2.95. The summed E-state index contributed by atoms with van der Waals surface area (Å²) < 4.78 is 5.49. The van der Waals surface area contributed by atoms with Crippen LogP contribution in [-0.4, -0.2) is 48.6 Å². The molecule has 3 aromatic rings. The number of anilines is 2. The first kappa shape index (κ1) is 27.3. The Kier molecular flexibility index (Phi) is 10.4. The Balaban J connectivity index is 1.89. The number of rotatable bonds is 12. The molecule has 3 rings (SSSR count). The van der Waals surface area contributed by atoms with Crippen molar-refractivity contribution in [2.24, 2.45) is 5.92 Å². The van der Waals surface area contributed by atoms with Gasteiger partial charge >= 0.3 is 5.97 Å². The number of pyridine rings is 1. The molecule has 36 heavy (non-hydrogen) atoms. The van der Waals surface area contributed by atoms with Crippen molar-refractivity contribution in [3.05, 3.63) is 78.6 Å². The number of thioether (sulfide) groups is 1. The van der Waals surface area contributed by atoms with Gasteiger partial charge in [0.25, 0.3) is 5.91 Å². The second-order valence-corrected chi connectivity index (χ2v) is 10.0. The minimum atomic E-state index is -0.696. The molecule has 0 saturated heterocycles. The van der Waals surface area contributed by atoms with E-state index in [-0.39, 0.29) is 11.9 Å². The lowest BCUT2D eigenvalue weighted by Gasteiger charge is -2.22. The molecule has 0 saturated carbocycles. The normalized spacial score (nSPS) is 11.7. The summed E-state index contributed by atoms with van der Waals surface area (Å²) in [7, 11) is 1.96. The number of aromatic nitrogens is 1. The van der Waals surface area contributed by atoms with Crippen LogP contribution in [0.1, 0.15) is 37.0 Å². The first-order valence-electron chi connectivity index (χ1n) is 12.2. The van der Waals surface area contributed by atoms with Crippen molar-refractivity contribution < 1.29 is 14.3 Å². The zero-order valence-corrected chi connectivity index (χ0v) is 22.3. The molecule has 0 aliphatic heterocycles. The molecule has 1 aromatic heterocycles. The van der Waals surface area contributed by atoms with Crippen molar-refractivity contribution in [1.29, 1.82) is 0 Å². The van der Waals surface area contributed by atoms with E-state index in [1.165, 1.54) is 0 Å². The van der Waals surface area contributed by atoms with E-state index in [4.69, 9.17) is 4.74 Å². The highest BCUT2D eigenvalue weighted by atomic mass is 32.2. The van der Waals surface area contributed by atoms with Crippen molar-refractivity contribution in [1.82, 2.24) is 10.3 Å². The molecular formula is C29H35N3O3S. The third kappa shape index (κ3) is 7.59. The van der Waals surface area contributed by atoms with Crippen molar-refractivity contribution in [2.75, 3.05) is 30.6 Å². The maximum absolute atomic E-state index is 13.5. The highest BCUT2D eigenvalue weighted by Crippen LogP contribution is 2.31. The molecule has 0 radical (unpaired) electrons. The predicted molar refractivity (Wildman–Crippen MR) is 149 cm³/mol. The second kappa shape index (κ2) is 13.7. The summed E-state index contributed by atoms with van der Waals surface area (Å²) in [6.45, 7) is 4.52. The van der Waals surface area contributed by atoms with Crippen molar-refractivity contribution in [2.45, 2.75) is 32.7 Å². The molecule has 2 aromatic carbocycles. The second-order valence-electron chi connectivity index (χ2n) is 9.02. The number of ether oxygens (including phenoxy) is 1. The number of amides is 1. The Bertz CT molecular complexity index is 1120. The zero-order chi connectivity index (χ0) is 25.9. The number of esters is 1. The molecule has 6 nitrogen and oxygen atoms in total. The summed E-state index contributed by atoms with van der Waals surface area (Å²) in [4.78, 5) is 32.5. The smallest absolute Gasteiger partial charge is 0.328 e. The van der Waals surface area contributed by atoms with Crippen LogP contribution in [0.4, 0.5) is 11.4 Å². The summed E-state index contributed by atoms with van der Waals surface area (Å²) in [6, 6.07) is 18.7. The molecule has 0 bridgehead atoms. The average Bonchev–Trinajstić information content (AvgIpc) is 2.90. The van der Waals surface area contributed by atoms with Gasteiger partial charge in [-0.3, -0.25) is 9.78 Å². The molecular weight excluding hydrogens is 470 g/mol. The summed E-state index contributed by atoms with van der Waals surface area (Å²) in [5.74, 6) is 0.502. The molecule has 1 atom stereocenters. The van der Waals surface area contributed by atoms with Gasteiger partial charge in [0.05, 0.1) is 18.5 Å². The van der Waals surface area contributed by atoms with Crippen LogP contribution in [0.15, 0.2) is 73.1 Å². The van der Waals surface area contributed by atoms with Crippen molar-refractivity contribution in [3.63, 3.8) is 0 Å². The highest BCUT2D eigenvalue weighted by Gasteiger charge is 2.24. The fourth-order valence-corrected chi connectivity index (χ4v) is 4.18. The lowest BCUT2D eigenvalue weighted by atomic mass is 9.97. The van der Waals surface area contributed by atoms with E-state index in [1.54, 1.807) is 24.2 Å². The van der Waals surface area contributed by atoms with Gasteiger partial charge < -0.3 is 15.0 Å². The number of carbonyl (C=O) groups is 2. The Labute approximate surface area is 218 Å². The molecule has 1 heterocycles. The van der Waals surface area contributed by atoms with E-state index >= 15 is 0 Å². The van der Waals surface area contributed by atoms with Crippen LogP contribution < -0.4 is 10.2 Å². The molecule has 0 aliphatic rings. The van der Waals surface area contributed by atoms with Gasteiger partial charge in [-0.2, -0.15) is 11.8 Å².